The van der Waals surface area contributed by atoms with Crippen LogP contribution in [0.15, 0.2) is 91.0 Å². The summed E-state index contributed by atoms with van der Waals surface area (Å²) in [6.07, 6.45) is 18.0. The van der Waals surface area contributed by atoms with Gasteiger partial charge in [0, 0.05) is 196 Å². The number of rotatable bonds is 34. The van der Waals surface area contributed by atoms with Gasteiger partial charge >= 0.3 is 0 Å². The number of likely N-dealkylation sites (N-methyl/N-ethyl adjacent to an activating group) is 2. The number of hydrogen-bond acceptors (Lipinski definition) is 25. The summed E-state index contributed by atoms with van der Waals surface area (Å²) in [4.78, 5) is 31.4. The Labute approximate surface area is 668 Å². The molecule has 12 N–H and O–H groups in total. The highest BCUT2D eigenvalue weighted by molar-refractivity contribution is 5.69. The molecule has 13 rings (SSSR count). The van der Waals surface area contributed by atoms with E-state index in [2.05, 4.69) is 142 Å². The number of β-amino-alcohol motifs (C(OH)–C–C–N with tert-alkyl or cyclic N) is 1. The smallest absolute Gasteiger partial charge is 0.144 e. The first-order valence-electron chi connectivity index (χ1n) is 42.3. The lowest BCUT2D eigenvalue weighted by Crippen LogP contribution is -2.49. The number of nitrogens with zero attached hydrogens (tertiary/aromatic N) is 13. The Balaban J connectivity index is 0.000000160. The van der Waals surface area contributed by atoms with Crippen LogP contribution in [-0.4, -0.2) is 323 Å². The Morgan fingerprint density at radius 1 is 0.297 bits per heavy atom. The predicted molar refractivity (Wildman–Crippen MR) is 465 cm³/mol. The van der Waals surface area contributed by atoms with Crippen molar-refractivity contribution in [1.82, 2.24) is 44.5 Å². The maximum atomic E-state index is 8.98. The fourth-order valence-electron chi connectivity index (χ4n) is 15.5. The van der Waals surface area contributed by atoms with Crippen molar-refractivity contribution in [1.29, 1.82) is 0 Å². The number of nitrogen functional groups attached to an aromatic ring is 5. The minimum absolute atomic E-state index is 0.263. The van der Waals surface area contributed by atoms with Gasteiger partial charge in [-0.3, -0.25) is 9.80 Å². The Morgan fingerprint density at radius 3 is 0.847 bits per heavy atom. The number of benzene rings is 5. The summed E-state index contributed by atoms with van der Waals surface area (Å²) < 4.78 is 28.5. The van der Waals surface area contributed by atoms with Gasteiger partial charge in [0.2, 0.25) is 0 Å². The molecule has 0 spiro atoms. The zero-order valence-corrected chi connectivity index (χ0v) is 69.2. The maximum absolute atomic E-state index is 8.98. The van der Waals surface area contributed by atoms with E-state index in [1.165, 1.54) is 191 Å². The third kappa shape index (κ3) is 31.2. The van der Waals surface area contributed by atoms with Gasteiger partial charge in [0.15, 0.2) is 0 Å². The van der Waals surface area contributed by atoms with Gasteiger partial charge in [-0.25, -0.2) is 0 Å². The second-order valence-electron chi connectivity index (χ2n) is 31.8. The van der Waals surface area contributed by atoms with Gasteiger partial charge < -0.3 is 117 Å². The highest BCUT2D eigenvalue weighted by Gasteiger charge is 2.25. The standard InChI is InChI=1S/C19H32N4O.C18H31N5O2.C18H30N4O.C16H27N3O.C15H25N3O/c1-21-10-12-22(13-11-21)8-4-2-3-5-9-23-14-15-24-19-16-17(20)6-7-18(19)23;19-16-1-2-17-18(15-16)25-14-12-23(17)6-4-20-3-5-21-7-9-22(10-8-21)11-13-24;1-20-9-11-21(12-10-20)7-3-2-4-8-22-13-14-23-18-15-16(19)5-6-17(18)22;1-18(2)9-5-3-4-6-10-19-11-12-20-16-13-14(17)7-8-15(16)19;1-17(2)8-4-3-5-9-18-10-11-19-15-12-13(16)6-7-14(15)18/h6-7,16H,2-5,8-15,20H2,1H3;1-2,15,20,24H,3-14,19H2;5-6,15H,2-4,7-14,19H2,1H3;7-8,13H,3-6,9-12,17H2,1-2H3;6-7,12H,3-5,8-11,16H2,1-2H3. The van der Waals surface area contributed by atoms with Crippen LogP contribution in [0, 0.1) is 0 Å². The molecule has 0 bridgehead atoms. The van der Waals surface area contributed by atoms with Crippen LogP contribution in [0.25, 0.3) is 0 Å². The molecule has 0 radical (unpaired) electrons. The quantitative estimate of drug-likeness (QED) is 0.0150. The molecule has 3 saturated heterocycles. The lowest BCUT2D eigenvalue weighted by Gasteiger charge is -2.34. The molecule has 0 saturated carbocycles. The molecule has 5 aromatic rings. The number of piperazine rings is 3. The van der Waals surface area contributed by atoms with Gasteiger partial charge in [-0.1, -0.05) is 38.5 Å². The normalized spacial score (nSPS) is 17.4. The largest absolute Gasteiger partial charge is 0.489 e. The second-order valence-corrected chi connectivity index (χ2v) is 31.8. The topological polar surface area (TPSA) is 251 Å². The molecule has 620 valence electrons. The Hall–Kier alpha value is -7.30. The number of nitrogens with two attached hydrogens (primary N) is 5. The first-order valence-corrected chi connectivity index (χ1v) is 42.3. The van der Waals surface area contributed by atoms with Crippen LogP contribution in [0.3, 0.4) is 0 Å². The number of hydrogen-bond donors (Lipinski definition) is 7. The molecule has 25 heteroatoms. The van der Waals surface area contributed by atoms with Crippen LogP contribution in [0.1, 0.15) is 89.9 Å². The monoisotopic (exact) mass is 1540 g/mol. The Bertz CT molecular complexity index is 3390. The molecule has 8 heterocycles. The molecule has 0 aromatic heterocycles. The van der Waals surface area contributed by atoms with Crippen molar-refractivity contribution in [3.05, 3.63) is 91.0 Å². The zero-order valence-electron chi connectivity index (χ0n) is 69.2. The summed E-state index contributed by atoms with van der Waals surface area (Å²) in [7, 11) is 13.0. The number of unbranched alkanes of at least 4 members (excludes halogenated alkanes) is 10. The second kappa shape index (κ2) is 48.7. The Kier molecular flexibility index (Phi) is 38.5. The summed E-state index contributed by atoms with van der Waals surface area (Å²) in [6.45, 7) is 37.2. The third-order valence-electron chi connectivity index (χ3n) is 22.3. The predicted octanol–water partition coefficient (Wildman–Crippen LogP) is 8.62. The minimum atomic E-state index is 0.263. The van der Waals surface area contributed by atoms with Crippen LogP contribution in [0.4, 0.5) is 56.9 Å². The maximum Gasteiger partial charge on any atom is 0.144 e. The summed E-state index contributed by atoms with van der Waals surface area (Å²) in [5.74, 6) is 4.64. The molecule has 0 aliphatic carbocycles. The van der Waals surface area contributed by atoms with E-state index in [-0.39, 0.29) is 6.61 Å². The fourth-order valence-corrected chi connectivity index (χ4v) is 15.5. The van der Waals surface area contributed by atoms with E-state index in [1.807, 2.05) is 60.7 Å². The molecule has 5 aromatic carbocycles. The average molecular weight is 1540 g/mol. The van der Waals surface area contributed by atoms with Crippen molar-refractivity contribution in [3.63, 3.8) is 0 Å². The number of nitrogens with one attached hydrogen (secondary N) is 1. The van der Waals surface area contributed by atoms with Crippen molar-refractivity contribution in [2.75, 3.05) is 331 Å². The molecule has 8 aliphatic heterocycles. The minimum Gasteiger partial charge on any atom is -0.489 e. The Morgan fingerprint density at radius 2 is 0.541 bits per heavy atom. The lowest BCUT2D eigenvalue weighted by atomic mass is 10.1. The van der Waals surface area contributed by atoms with Gasteiger partial charge in [-0.2, -0.15) is 0 Å². The summed E-state index contributed by atoms with van der Waals surface area (Å²) >= 11 is 0. The van der Waals surface area contributed by atoms with Gasteiger partial charge in [0.1, 0.15) is 61.8 Å². The van der Waals surface area contributed by atoms with Crippen molar-refractivity contribution < 1.29 is 28.8 Å². The van der Waals surface area contributed by atoms with Gasteiger partial charge in [-0.15, -0.1) is 0 Å². The third-order valence-corrected chi connectivity index (χ3v) is 22.3. The molecule has 0 atom stereocenters. The first kappa shape index (κ1) is 87.7. The van der Waals surface area contributed by atoms with E-state index >= 15 is 0 Å². The number of anilines is 10. The van der Waals surface area contributed by atoms with Crippen LogP contribution in [0.5, 0.6) is 28.7 Å². The van der Waals surface area contributed by atoms with Crippen molar-refractivity contribution in [2.24, 2.45) is 0 Å². The summed E-state index contributed by atoms with van der Waals surface area (Å²) in [6, 6.07) is 29.8. The van der Waals surface area contributed by atoms with E-state index in [4.69, 9.17) is 57.5 Å². The summed E-state index contributed by atoms with van der Waals surface area (Å²) in [5.41, 5.74) is 38.9. The van der Waals surface area contributed by atoms with Crippen LogP contribution in [-0.2, 0) is 0 Å². The van der Waals surface area contributed by atoms with E-state index in [0.717, 1.165) is 207 Å². The highest BCUT2D eigenvalue weighted by Crippen LogP contribution is 2.38. The number of aliphatic hydroxyl groups is 1. The van der Waals surface area contributed by atoms with Gasteiger partial charge in [0.25, 0.3) is 0 Å². The molecular formula is C86H145N19O6. The van der Waals surface area contributed by atoms with Crippen molar-refractivity contribution >= 4 is 56.9 Å². The zero-order chi connectivity index (χ0) is 78.4. The van der Waals surface area contributed by atoms with Crippen molar-refractivity contribution in [2.45, 2.75) is 89.9 Å². The number of aliphatic hydroxyl groups excluding tert-OH is 1. The fraction of sp³-hybridized carbons (Fsp3) is 0.651. The van der Waals surface area contributed by atoms with Crippen LogP contribution >= 0.6 is 0 Å². The molecule has 3 fully saturated rings. The van der Waals surface area contributed by atoms with E-state index < -0.39 is 0 Å². The van der Waals surface area contributed by atoms with Crippen LogP contribution < -0.4 is 82.2 Å². The molecule has 8 aliphatic rings. The van der Waals surface area contributed by atoms with Gasteiger partial charge in [0.05, 0.1) is 67.8 Å². The van der Waals surface area contributed by atoms with Crippen LogP contribution in [0.2, 0.25) is 0 Å². The molecule has 111 heavy (non-hydrogen) atoms. The van der Waals surface area contributed by atoms with E-state index in [1.54, 1.807) is 0 Å². The molecular weight excluding hydrogens is 1400 g/mol. The number of fused-ring (bicyclic) bond motifs is 5. The van der Waals surface area contributed by atoms with E-state index in [0.29, 0.717) is 6.61 Å². The molecule has 0 amide bonds. The number of ether oxygens (including phenoxy) is 5. The highest BCUT2D eigenvalue weighted by atomic mass is 16.5. The molecule has 25 nitrogen and oxygen atoms in total. The summed E-state index contributed by atoms with van der Waals surface area (Å²) in [5, 5.41) is 12.5. The lowest BCUT2D eigenvalue weighted by molar-refractivity contribution is 0.113. The first-order chi connectivity index (χ1) is 54.0. The average Bonchev–Trinajstić information content (AvgIpc) is 0.846. The van der Waals surface area contributed by atoms with Crippen molar-refractivity contribution in [3.8, 4) is 28.7 Å². The van der Waals surface area contributed by atoms with E-state index in [9.17, 15) is 0 Å². The van der Waals surface area contributed by atoms with Gasteiger partial charge in [-0.05, 0) is 180 Å². The SMILES string of the molecule is CN(C)CCCCCCN1CCOc2cc(N)ccc21.CN(C)CCCCCN1CCOc2cc(N)ccc21.CN1CCN(CCCCCCN2CCOc3cc(N)ccc32)CC1.CN1CCN(CCCCCN2CCOc3cc(N)ccc32)CC1.Nc1ccc2c(c1)OCCN2CCNCCN1CCN(CCO)CC1. The molecule has 0 unspecified atom stereocenters.